The zero-order chi connectivity index (χ0) is 13.5. The summed E-state index contributed by atoms with van der Waals surface area (Å²) in [6.07, 6.45) is 10.2. The van der Waals surface area contributed by atoms with Crippen molar-refractivity contribution in [2.24, 2.45) is 0 Å². The van der Waals surface area contributed by atoms with Crippen molar-refractivity contribution >= 4 is 0 Å². The molecule has 0 saturated heterocycles. The largest absolute Gasteiger partial charge is 0.314 e. The quantitative estimate of drug-likeness (QED) is 0.745. The molecule has 1 N–H and O–H groups in total. The van der Waals surface area contributed by atoms with Crippen LogP contribution >= 0.6 is 0 Å². The highest BCUT2D eigenvalue weighted by Gasteiger charge is 2.13. The van der Waals surface area contributed by atoms with Gasteiger partial charge in [-0.25, -0.2) is 0 Å². The van der Waals surface area contributed by atoms with Crippen LogP contribution in [0, 0.1) is 6.92 Å². The summed E-state index contributed by atoms with van der Waals surface area (Å²) in [6.45, 7) is 5.49. The first-order chi connectivity index (χ1) is 9.29. The minimum atomic E-state index is 0.593. The number of aryl methyl sites for hydroxylation is 1. The molecule has 0 aliphatic heterocycles. The normalized spacial score (nSPS) is 17.1. The van der Waals surface area contributed by atoms with Crippen molar-refractivity contribution < 1.29 is 0 Å². The summed E-state index contributed by atoms with van der Waals surface area (Å²) in [4.78, 5) is 0. The lowest BCUT2D eigenvalue weighted by atomic mass is 9.91. The lowest BCUT2D eigenvalue weighted by Gasteiger charge is -2.22. The lowest BCUT2D eigenvalue weighted by molar-refractivity contribution is 0.503. The fraction of sp³-hybridized carbons (Fsp3) is 0.556. The fourth-order valence-corrected chi connectivity index (χ4v) is 3.02. The maximum atomic E-state index is 3.66. The van der Waals surface area contributed by atoms with Crippen molar-refractivity contribution in [3.8, 4) is 0 Å². The Bertz CT molecular complexity index is 419. The number of benzene rings is 1. The Morgan fingerprint density at radius 3 is 2.68 bits per heavy atom. The molecule has 0 aromatic heterocycles. The van der Waals surface area contributed by atoms with E-state index in [4.69, 9.17) is 0 Å². The van der Waals surface area contributed by atoms with Gasteiger partial charge in [-0.15, -0.1) is 0 Å². The number of hydrogen-bond acceptors (Lipinski definition) is 1. The van der Waals surface area contributed by atoms with Crippen molar-refractivity contribution in [3.05, 3.63) is 47.0 Å². The molecule has 0 fully saturated rings. The molecule has 1 aromatic carbocycles. The van der Waals surface area contributed by atoms with Crippen LogP contribution in [0.5, 0.6) is 0 Å². The van der Waals surface area contributed by atoms with Gasteiger partial charge in [0, 0.05) is 6.04 Å². The minimum Gasteiger partial charge on any atom is -0.314 e. The predicted molar refractivity (Wildman–Crippen MR) is 83.5 cm³/mol. The Morgan fingerprint density at radius 1 is 1.16 bits per heavy atom. The summed E-state index contributed by atoms with van der Waals surface area (Å²) in [5.74, 6) is 0. The SMILES string of the molecule is CCNC(CC1=CCCCC1)Cc1ccccc1C. The molecule has 19 heavy (non-hydrogen) atoms. The van der Waals surface area contributed by atoms with Gasteiger partial charge < -0.3 is 5.32 Å². The highest BCUT2D eigenvalue weighted by Crippen LogP contribution is 2.23. The maximum absolute atomic E-state index is 3.66. The molecule has 0 bridgehead atoms. The van der Waals surface area contributed by atoms with Gasteiger partial charge in [0.1, 0.15) is 0 Å². The van der Waals surface area contributed by atoms with E-state index in [0.717, 1.165) is 13.0 Å². The van der Waals surface area contributed by atoms with Gasteiger partial charge in [0.2, 0.25) is 0 Å². The summed E-state index contributed by atoms with van der Waals surface area (Å²) in [5, 5.41) is 3.66. The molecule has 104 valence electrons. The first-order valence-corrected chi connectivity index (χ1v) is 7.75. The molecule has 1 unspecified atom stereocenters. The van der Waals surface area contributed by atoms with Gasteiger partial charge in [-0.1, -0.05) is 42.8 Å². The van der Waals surface area contributed by atoms with Crippen molar-refractivity contribution in [1.82, 2.24) is 5.32 Å². The zero-order valence-electron chi connectivity index (χ0n) is 12.4. The van der Waals surface area contributed by atoms with Crippen LogP contribution in [0.1, 0.15) is 50.2 Å². The Morgan fingerprint density at radius 2 is 2.00 bits per heavy atom. The summed E-state index contributed by atoms with van der Waals surface area (Å²) in [6, 6.07) is 9.37. The Labute approximate surface area is 118 Å². The van der Waals surface area contributed by atoms with Crippen LogP contribution in [0.4, 0.5) is 0 Å². The average molecular weight is 257 g/mol. The summed E-state index contributed by atoms with van der Waals surface area (Å²) in [5.41, 5.74) is 4.58. The average Bonchev–Trinajstić information content (AvgIpc) is 2.43. The van der Waals surface area contributed by atoms with Crippen LogP contribution in [0.3, 0.4) is 0 Å². The first kappa shape index (κ1) is 14.3. The van der Waals surface area contributed by atoms with Crippen LogP contribution in [-0.4, -0.2) is 12.6 Å². The molecule has 1 aliphatic carbocycles. The molecule has 2 rings (SSSR count). The van der Waals surface area contributed by atoms with Crippen LogP contribution in [0.25, 0.3) is 0 Å². The molecular weight excluding hydrogens is 230 g/mol. The maximum Gasteiger partial charge on any atom is 0.0145 e. The van der Waals surface area contributed by atoms with E-state index in [1.807, 2.05) is 0 Å². The summed E-state index contributed by atoms with van der Waals surface area (Å²) >= 11 is 0. The number of hydrogen-bond donors (Lipinski definition) is 1. The number of rotatable bonds is 6. The third-order valence-electron chi connectivity index (χ3n) is 4.11. The summed E-state index contributed by atoms with van der Waals surface area (Å²) in [7, 11) is 0. The van der Waals surface area contributed by atoms with Crippen molar-refractivity contribution in [1.29, 1.82) is 0 Å². The molecule has 1 nitrogen and oxygen atoms in total. The molecule has 1 aliphatic rings. The van der Waals surface area contributed by atoms with E-state index in [1.54, 1.807) is 5.57 Å². The number of likely N-dealkylation sites (N-methyl/N-ethyl adjacent to an activating group) is 1. The Balaban J connectivity index is 1.99. The van der Waals surface area contributed by atoms with Gasteiger partial charge in [-0.3, -0.25) is 0 Å². The third kappa shape index (κ3) is 4.50. The van der Waals surface area contributed by atoms with Crippen LogP contribution in [-0.2, 0) is 6.42 Å². The monoisotopic (exact) mass is 257 g/mol. The highest BCUT2D eigenvalue weighted by molar-refractivity contribution is 5.26. The van der Waals surface area contributed by atoms with Gasteiger partial charge in [0.15, 0.2) is 0 Å². The third-order valence-corrected chi connectivity index (χ3v) is 4.11. The van der Waals surface area contributed by atoms with Crippen LogP contribution in [0.15, 0.2) is 35.9 Å². The second kappa shape index (κ2) is 7.49. The molecular formula is C18H27N. The van der Waals surface area contributed by atoms with E-state index in [-0.39, 0.29) is 0 Å². The van der Waals surface area contributed by atoms with E-state index < -0.39 is 0 Å². The minimum absolute atomic E-state index is 0.593. The van der Waals surface area contributed by atoms with Crippen molar-refractivity contribution in [2.75, 3.05) is 6.54 Å². The molecule has 1 atom stereocenters. The second-order valence-electron chi connectivity index (χ2n) is 5.70. The van der Waals surface area contributed by atoms with E-state index in [1.165, 1.54) is 43.2 Å². The Hall–Kier alpha value is -1.08. The van der Waals surface area contributed by atoms with E-state index in [9.17, 15) is 0 Å². The zero-order valence-corrected chi connectivity index (χ0v) is 12.4. The topological polar surface area (TPSA) is 12.0 Å². The van der Waals surface area contributed by atoms with Crippen molar-refractivity contribution in [3.63, 3.8) is 0 Å². The molecule has 0 radical (unpaired) electrons. The number of nitrogens with one attached hydrogen (secondary N) is 1. The van der Waals surface area contributed by atoms with Gasteiger partial charge in [0.05, 0.1) is 0 Å². The lowest BCUT2D eigenvalue weighted by Crippen LogP contribution is -2.31. The second-order valence-corrected chi connectivity index (χ2v) is 5.70. The van der Waals surface area contributed by atoms with E-state index in [2.05, 4.69) is 49.5 Å². The van der Waals surface area contributed by atoms with Gasteiger partial charge in [-0.05, 0) is 63.1 Å². The van der Waals surface area contributed by atoms with E-state index >= 15 is 0 Å². The molecule has 0 heterocycles. The smallest absolute Gasteiger partial charge is 0.0145 e. The molecule has 1 heteroatoms. The van der Waals surface area contributed by atoms with Gasteiger partial charge in [-0.2, -0.15) is 0 Å². The fourth-order valence-electron chi connectivity index (χ4n) is 3.02. The van der Waals surface area contributed by atoms with E-state index in [0.29, 0.717) is 6.04 Å². The van der Waals surface area contributed by atoms with Crippen LogP contribution in [0.2, 0.25) is 0 Å². The molecule has 0 amide bonds. The predicted octanol–water partition coefficient (Wildman–Crippen LogP) is 4.41. The first-order valence-electron chi connectivity index (χ1n) is 7.75. The molecule has 0 spiro atoms. The van der Waals surface area contributed by atoms with Crippen molar-refractivity contribution in [2.45, 2.75) is 58.4 Å². The van der Waals surface area contributed by atoms with Crippen LogP contribution < -0.4 is 5.32 Å². The van der Waals surface area contributed by atoms with Gasteiger partial charge >= 0.3 is 0 Å². The summed E-state index contributed by atoms with van der Waals surface area (Å²) < 4.78 is 0. The number of allylic oxidation sites excluding steroid dienone is 1. The Kier molecular flexibility index (Phi) is 5.65. The highest BCUT2D eigenvalue weighted by atomic mass is 14.9. The standard InChI is InChI=1S/C18H27N/c1-3-19-18(13-16-10-5-4-6-11-16)14-17-12-8-7-9-15(17)2/h7-10,12,18-19H,3-6,11,13-14H2,1-2H3. The molecule has 0 saturated carbocycles. The van der Waals surface area contributed by atoms with Gasteiger partial charge in [0.25, 0.3) is 0 Å². The molecule has 1 aromatic rings.